The molecule has 1 fully saturated rings. The molecule has 0 saturated carbocycles. The number of unbranched alkanes of at least 4 members (excludes halogenated alkanes) is 8. The number of nitrogens with zero attached hydrogens (tertiary/aromatic N) is 1. The standard InChI is InChI=1S/C22H37NO/c1-2-3-4-5-6-7-8-9-10-11-12-13-14-15-16-19-22(24)23-20-17-18-21-23/h6-7,14-16,19H,2-5,8-13,17-18,20-21H2,1H3/b7-6-,15-14+,19-16+. The molecule has 0 aromatic rings. The molecule has 136 valence electrons. The third-order valence-corrected chi connectivity index (χ3v) is 4.54. The van der Waals surface area contributed by atoms with Crippen LogP contribution in [-0.4, -0.2) is 23.9 Å². The van der Waals surface area contributed by atoms with E-state index in [1.165, 1.54) is 57.8 Å². The Morgan fingerprint density at radius 3 is 2.00 bits per heavy atom. The van der Waals surface area contributed by atoms with Crippen molar-refractivity contribution in [1.82, 2.24) is 4.90 Å². The van der Waals surface area contributed by atoms with Crippen molar-refractivity contribution in [2.24, 2.45) is 0 Å². The zero-order valence-corrected chi connectivity index (χ0v) is 15.7. The van der Waals surface area contributed by atoms with Crippen LogP contribution in [0.5, 0.6) is 0 Å². The first kappa shape index (κ1) is 20.7. The number of hydrogen-bond acceptors (Lipinski definition) is 1. The number of hydrogen-bond donors (Lipinski definition) is 0. The van der Waals surface area contributed by atoms with Gasteiger partial charge in [-0.15, -0.1) is 0 Å². The average molecular weight is 332 g/mol. The first-order valence-electron chi connectivity index (χ1n) is 10.1. The molecule has 1 aliphatic heterocycles. The van der Waals surface area contributed by atoms with E-state index < -0.39 is 0 Å². The highest BCUT2D eigenvalue weighted by atomic mass is 16.2. The van der Waals surface area contributed by atoms with Gasteiger partial charge in [0, 0.05) is 19.2 Å². The molecule has 0 N–H and O–H groups in total. The summed E-state index contributed by atoms with van der Waals surface area (Å²) in [4.78, 5) is 13.7. The molecule has 1 aliphatic rings. The number of likely N-dealkylation sites (tertiary alicyclic amines) is 1. The summed E-state index contributed by atoms with van der Waals surface area (Å²) in [7, 11) is 0. The van der Waals surface area contributed by atoms with Crippen molar-refractivity contribution >= 4 is 5.91 Å². The maximum absolute atomic E-state index is 11.8. The molecule has 0 aromatic heterocycles. The van der Waals surface area contributed by atoms with Crippen LogP contribution in [-0.2, 0) is 4.79 Å². The highest BCUT2D eigenvalue weighted by Gasteiger charge is 2.14. The van der Waals surface area contributed by atoms with Crippen molar-refractivity contribution in [1.29, 1.82) is 0 Å². The lowest BCUT2D eigenvalue weighted by Crippen LogP contribution is -2.25. The number of allylic oxidation sites excluding steroid dienone is 5. The Bertz CT molecular complexity index is 389. The zero-order valence-electron chi connectivity index (χ0n) is 15.7. The van der Waals surface area contributed by atoms with E-state index in [4.69, 9.17) is 0 Å². The minimum atomic E-state index is 0.167. The van der Waals surface area contributed by atoms with Gasteiger partial charge in [0.05, 0.1) is 0 Å². The molecule has 0 aliphatic carbocycles. The van der Waals surface area contributed by atoms with E-state index in [1.807, 2.05) is 17.1 Å². The molecule has 1 amide bonds. The van der Waals surface area contributed by atoms with E-state index in [-0.39, 0.29) is 5.91 Å². The molecule has 1 heterocycles. The van der Waals surface area contributed by atoms with Crippen LogP contribution in [0.4, 0.5) is 0 Å². The van der Waals surface area contributed by atoms with Crippen molar-refractivity contribution in [3.8, 4) is 0 Å². The van der Waals surface area contributed by atoms with Crippen LogP contribution in [0.3, 0.4) is 0 Å². The molecule has 2 heteroatoms. The molecule has 0 atom stereocenters. The third-order valence-electron chi connectivity index (χ3n) is 4.54. The number of carbonyl (C=O) groups is 1. The highest BCUT2D eigenvalue weighted by molar-refractivity contribution is 5.88. The van der Waals surface area contributed by atoms with Gasteiger partial charge in [-0.3, -0.25) is 4.79 Å². The Labute approximate surface area is 149 Å². The van der Waals surface area contributed by atoms with Gasteiger partial charge in [0.15, 0.2) is 0 Å². The summed E-state index contributed by atoms with van der Waals surface area (Å²) in [5.41, 5.74) is 0. The molecule has 24 heavy (non-hydrogen) atoms. The molecule has 1 saturated heterocycles. The van der Waals surface area contributed by atoms with Gasteiger partial charge in [-0.25, -0.2) is 0 Å². The predicted molar refractivity (Wildman–Crippen MR) is 105 cm³/mol. The normalized spacial score (nSPS) is 15.5. The highest BCUT2D eigenvalue weighted by Crippen LogP contribution is 2.09. The third kappa shape index (κ3) is 11.3. The summed E-state index contributed by atoms with van der Waals surface area (Å²) in [6.07, 6.45) is 27.7. The molecular formula is C22H37NO. The summed E-state index contributed by atoms with van der Waals surface area (Å²) in [6, 6.07) is 0. The minimum absolute atomic E-state index is 0.167. The first-order chi connectivity index (χ1) is 11.8. The maximum atomic E-state index is 11.8. The van der Waals surface area contributed by atoms with Gasteiger partial charge in [-0.1, -0.05) is 63.0 Å². The summed E-state index contributed by atoms with van der Waals surface area (Å²) >= 11 is 0. The first-order valence-corrected chi connectivity index (χ1v) is 10.1. The van der Waals surface area contributed by atoms with Crippen molar-refractivity contribution in [2.75, 3.05) is 13.1 Å². The molecule has 0 aromatic carbocycles. The number of amides is 1. The SMILES string of the molecule is CCCCC/C=C\CCCCCC/C=C/C=C/C(=O)N1CCCC1. The largest absolute Gasteiger partial charge is 0.339 e. The van der Waals surface area contributed by atoms with E-state index in [0.29, 0.717) is 0 Å². The van der Waals surface area contributed by atoms with Gasteiger partial charge in [0.25, 0.3) is 0 Å². The Morgan fingerprint density at radius 2 is 1.38 bits per heavy atom. The van der Waals surface area contributed by atoms with Crippen molar-refractivity contribution in [3.05, 3.63) is 36.5 Å². The maximum Gasteiger partial charge on any atom is 0.246 e. The van der Waals surface area contributed by atoms with Crippen molar-refractivity contribution in [3.63, 3.8) is 0 Å². The van der Waals surface area contributed by atoms with Gasteiger partial charge >= 0.3 is 0 Å². The Hall–Kier alpha value is -1.31. The molecule has 0 unspecified atom stereocenters. The topological polar surface area (TPSA) is 20.3 Å². The smallest absolute Gasteiger partial charge is 0.246 e. The van der Waals surface area contributed by atoms with Gasteiger partial charge < -0.3 is 4.90 Å². The van der Waals surface area contributed by atoms with Crippen LogP contribution < -0.4 is 0 Å². The second-order valence-corrected chi connectivity index (χ2v) is 6.78. The number of rotatable bonds is 13. The summed E-state index contributed by atoms with van der Waals surface area (Å²) in [5, 5.41) is 0. The summed E-state index contributed by atoms with van der Waals surface area (Å²) < 4.78 is 0. The second-order valence-electron chi connectivity index (χ2n) is 6.78. The fourth-order valence-corrected chi connectivity index (χ4v) is 2.98. The quantitative estimate of drug-likeness (QED) is 0.170. The Balaban J connectivity index is 1.88. The Kier molecular flexibility index (Phi) is 13.2. The lowest BCUT2D eigenvalue weighted by molar-refractivity contribution is -0.124. The van der Waals surface area contributed by atoms with Crippen LogP contribution >= 0.6 is 0 Å². The molecule has 1 rings (SSSR count). The minimum Gasteiger partial charge on any atom is -0.339 e. The van der Waals surface area contributed by atoms with Crippen LogP contribution in [0.25, 0.3) is 0 Å². The van der Waals surface area contributed by atoms with E-state index in [9.17, 15) is 4.79 Å². The Morgan fingerprint density at radius 1 is 0.792 bits per heavy atom. The summed E-state index contributed by atoms with van der Waals surface area (Å²) in [6.45, 7) is 4.12. The number of carbonyl (C=O) groups excluding carboxylic acids is 1. The van der Waals surface area contributed by atoms with Crippen LogP contribution in [0.15, 0.2) is 36.5 Å². The molecule has 2 nitrogen and oxygen atoms in total. The zero-order chi connectivity index (χ0) is 17.3. The van der Waals surface area contributed by atoms with Gasteiger partial charge in [0.2, 0.25) is 5.91 Å². The van der Waals surface area contributed by atoms with Gasteiger partial charge in [-0.2, -0.15) is 0 Å². The van der Waals surface area contributed by atoms with Crippen LogP contribution in [0.2, 0.25) is 0 Å². The van der Waals surface area contributed by atoms with E-state index in [2.05, 4.69) is 25.2 Å². The summed E-state index contributed by atoms with van der Waals surface area (Å²) in [5.74, 6) is 0.167. The average Bonchev–Trinajstić information content (AvgIpc) is 3.13. The molecule has 0 spiro atoms. The second kappa shape index (κ2) is 15.2. The predicted octanol–water partition coefficient (Wildman–Crippen LogP) is 6.20. The fourth-order valence-electron chi connectivity index (χ4n) is 2.98. The molecule has 0 bridgehead atoms. The van der Waals surface area contributed by atoms with Crippen molar-refractivity contribution < 1.29 is 4.79 Å². The van der Waals surface area contributed by atoms with E-state index >= 15 is 0 Å². The van der Waals surface area contributed by atoms with E-state index in [1.54, 1.807) is 6.08 Å². The molecular weight excluding hydrogens is 294 g/mol. The van der Waals surface area contributed by atoms with Gasteiger partial charge in [0.1, 0.15) is 0 Å². The fraction of sp³-hybridized carbons (Fsp3) is 0.682. The van der Waals surface area contributed by atoms with Crippen LogP contribution in [0.1, 0.15) is 84.0 Å². The molecule has 0 radical (unpaired) electrons. The lowest BCUT2D eigenvalue weighted by Gasteiger charge is -2.11. The van der Waals surface area contributed by atoms with Crippen LogP contribution in [0, 0.1) is 0 Å². The van der Waals surface area contributed by atoms with Crippen molar-refractivity contribution in [2.45, 2.75) is 84.0 Å². The lowest BCUT2D eigenvalue weighted by atomic mass is 10.1. The monoisotopic (exact) mass is 331 g/mol. The van der Waals surface area contributed by atoms with E-state index in [0.717, 1.165) is 32.4 Å². The van der Waals surface area contributed by atoms with Gasteiger partial charge in [-0.05, 0) is 51.4 Å².